The molecule has 0 unspecified atom stereocenters. The Labute approximate surface area is 179 Å². The smallest absolute Gasteiger partial charge is 0.229 e. The average molecular weight is 414 g/mol. The Kier molecular flexibility index (Phi) is 9.86. The molecule has 164 valence electrons. The van der Waals surface area contributed by atoms with E-state index in [9.17, 15) is 0 Å². The summed E-state index contributed by atoms with van der Waals surface area (Å²) in [6.07, 6.45) is 4.90. The maximum absolute atomic E-state index is 6.01. The third-order valence-corrected chi connectivity index (χ3v) is 4.46. The average Bonchev–Trinajstić information content (AvgIpc) is 2.73. The highest BCUT2D eigenvalue weighted by Gasteiger charge is 2.12. The highest BCUT2D eigenvalue weighted by atomic mass is 16.5. The van der Waals surface area contributed by atoms with E-state index in [4.69, 9.17) is 15.5 Å². The minimum atomic E-state index is 0.532. The number of nitrogen functional groups attached to an aromatic ring is 1. The number of anilines is 3. The van der Waals surface area contributed by atoms with Gasteiger partial charge in [-0.2, -0.15) is 10.1 Å². The van der Waals surface area contributed by atoms with E-state index >= 15 is 0 Å². The molecule has 0 amide bonds. The molecule has 0 aliphatic carbocycles. The molecule has 0 aliphatic rings. The van der Waals surface area contributed by atoms with Crippen molar-refractivity contribution in [2.45, 2.75) is 40.0 Å². The summed E-state index contributed by atoms with van der Waals surface area (Å²) in [6.45, 7) is 9.44. The molecule has 0 bridgehead atoms. The fourth-order valence-corrected chi connectivity index (χ4v) is 2.83. The number of aryl methyl sites for hydroxylation is 1. The summed E-state index contributed by atoms with van der Waals surface area (Å²) in [5.74, 6) is 1.22. The molecule has 0 atom stereocenters. The van der Waals surface area contributed by atoms with Crippen LogP contribution in [0.25, 0.3) is 0 Å². The lowest BCUT2D eigenvalue weighted by molar-refractivity contribution is 0.306. The van der Waals surface area contributed by atoms with Crippen LogP contribution < -0.4 is 26.1 Å². The molecule has 0 aliphatic heterocycles. The summed E-state index contributed by atoms with van der Waals surface area (Å²) in [5.41, 5.74) is 12.2. The van der Waals surface area contributed by atoms with Gasteiger partial charge in [-0.1, -0.05) is 26.3 Å². The van der Waals surface area contributed by atoms with Crippen molar-refractivity contribution in [2.75, 3.05) is 49.3 Å². The molecule has 0 radical (unpaired) electrons. The highest BCUT2D eigenvalue weighted by Crippen LogP contribution is 2.20. The van der Waals surface area contributed by atoms with E-state index < -0.39 is 0 Å². The topological polar surface area (TPSA) is 101 Å². The number of nitrogens with one attached hydrogen (secondary N) is 2. The Hall–Kier alpha value is -2.87. The zero-order valence-electron chi connectivity index (χ0n) is 18.6. The van der Waals surface area contributed by atoms with Gasteiger partial charge < -0.3 is 20.7 Å². The van der Waals surface area contributed by atoms with Crippen LogP contribution in [0.1, 0.15) is 44.4 Å². The number of rotatable bonds is 13. The minimum absolute atomic E-state index is 0.532. The van der Waals surface area contributed by atoms with Crippen molar-refractivity contribution in [3.63, 3.8) is 0 Å². The van der Waals surface area contributed by atoms with Gasteiger partial charge in [0.2, 0.25) is 11.8 Å². The molecule has 0 spiro atoms. The summed E-state index contributed by atoms with van der Waals surface area (Å²) >= 11 is 0. The van der Waals surface area contributed by atoms with E-state index in [0.717, 1.165) is 50.1 Å². The SMILES string of the molecule is CCCCN(CCC)c1nc(/C=N/Nc2cc(C)ccc2N)cc(OCCNC)n1. The molecule has 8 nitrogen and oxygen atoms in total. The van der Waals surface area contributed by atoms with Crippen LogP contribution in [0.4, 0.5) is 17.3 Å². The monoisotopic (exact) mass is 413 g/mol. The standard InChI is InChI=1S/C22H35N7O/c1-5-7-12-29(11-6-2)22-26-18(15-21(27-22)30-13-10-24-4)16-25-28-20-14-17(3)8-9-19(20)23/h8-9,14-16,24,28H,5-7,10-13,23H2,1-4H3/b25-16+. The molecular weight excluding hydrogens is 378 g/mol. The van der Waals surface area contributed by atoms with Crippen LogP contribution in [0, 0.1) is 6.92 Å². The number of ether oxygens (including phenoxy) is 1. The third-order valence-electron chi connectivity index (χ3n) is 4.46. The maximum Gasteiger partial charge on any atom is 0.229 e. The first-order valence-electron chi connectivity index (χ1n) is 10.6. The Morgan fingerprint density at radius 1 is 1.17 bits per heavy atom. The van der Waals surface area contributed by atoms with Gasteiger partial charge >= 0.3 is 0 Å². The van der Waals surface area contributed by atoms with Crippen LogP contribution in [-0.2, 0) is 0 Å². The molecule has 0 saturated heterocycles. The van der Waals surface area contributed by atoms with Gasteiger partial charge in [-0.3, -0.25) is 5.43 Å². The highest BCUT2D eigenvalue weighted by molar-refractivity contribution is 5.79. The number of nitrogens with zero attached hydrogens (tertiary/aromatic N) is 4. The normalized spacial score (nSPS) is 11.1. The van der Waals surface area contributed by atoms with Gasteiger partial charge in [-0.25, -0.2) is 4.98 Å². The van der Waals surface area contributed by atoms with E-state index in [1.807, 2.05) is 32.2 Å². The van der Waals surface area contributed by atoms with Crippen LogP contribution >= 0.6 is 0 Å². The van der Waals surface area contributed by atoms with Gasteiger partial charge in [0.15, 0.2) is 0 Å². The first kappa shape index (κ1) is 23.4. The largest absolute Gasteiger partial charge is 0.476 e. The number of likely N-dealkylation sites (N-methyl/N-ethyl adjacent to an activating group) is 1. The van der Waals surface area contributed by atoms with Crippen LogP contribution in [-0.4, -0.2) is 49.5 Å². The Morgan fingerprint density at radius 3 is 2.73 bits per heavy atom. The van der Waals surface area contributed by atoms with E-state index in [1.54, 1.807) is 12.3 Å². The van der Waals surface area contributed by atoms with Crippen LogP contribution in [0.3, 0.4) is 0 Å². The van der Waals surface area contributed by atoms with Crippen molar-refractivity contribution >= 4 is 23.5 Å². The summed E-state index contributed by atoms with van der Waals surface area (Å²) in [7, 11) is 1.89. The van der Waals surface area contributed by atoms with Crippen molar-refractivity contribution in [1.29, 1.82) is 0 Å². The molecule has 2 aromatic rings. The van der Waals surface area contributed by atoms with E-state index in [1.165, 1.54) is 0 Å². The number of nitrogens with two attached hydrogens (primary N) is 1. The van der Waals surface area contributed by atoms with Gasteiger partial charge in [0.25, 0.3) is 0 Å². The molecule has 0 fully saturated rings. The van der Waals surface area contributed by atoms with Gasteiger partial charge in [0, 0.05) is 25.7 Å². The molecule has 1 aromatic heterocycles. The second-order valence-corrected chi connectivity index (χ2v) is 7.18. The van der Waals surface area contributed by atoms with Crippen LogP contribution in [0.15, 0.2) is 29.4 Å². The maximum atomic E-state index is 6.01. The van der Waals surface area contributed by atoms with Crippen LogP contribution in [0.5, 0.6) is 5.88 Å². The van der Waals surface area contributed by atoms with Crippen molar-refractivity contribution in [2.24, 2.45) is 5.10 Å². The van der Waals surface area contributed by atoms with E-state index in [-0.39, 0.29) is 0 Å². The molecule has 8 heteroatoms. The molecule has 4 N–H and O–H groups in total. The van der Waals surface area contributed by atoms with Gasteiger partial charge in [0.05, 0.1) is 23.3 Å². The van der Waals surface area contributed by atoms with Gasteiger partial charge in [-0.15, -0.1) is 0 Å². The predicted octanol–water partition coefficient (Wildman–Crippen LogP) is 3.43. The predicted molar refractivity (Wildman–Crippen MR) is 126 cm³/mol. The lowest BCUT2D eigenvalue weighted by Gasteiger charge is -2.22. The van der Waals surface area contributed by atoms with Gasteiger partial charge in [0.1, 0.15) is 6.61 Å². The first-order chi connectivity index (χ1) is 14.6. The number of hydrogen-bond acceptors (Lipinski definition) is 8. The lowest BCUT2D eigenvalue weighted by atomic mass is 10.2. The molecular formula is C22H35N7O. The number of benzene rings is 1. The van der Waals surface area contributed by atoms with E-state index in [0.29, 0.717) is 29.8 Å². The fraction of sp³-hybridized carbons (Fsp3) is 0.500. The van der Waals surface area contributed by atoms with Crippen molar-refractivity contribution in [3.8, 4) is 5.88 Å². The number of hydrazone groups is 1. The second-order valence-electron chi connectivity index (χ2n) is 7.18. The fourth-order valence-electron chi connectivity index (χ4n) is 2.83. The first-order valence-corrected chi connectivity index (χ1v) is 10.6. The van der Waals surface area contributed by atoms with Crippen LogP contribution in [0.2, 0.25) is 0 Å². The molecule has 1 heterocycles. The summed E-state index contributed by atoms with van der Waals surface area (Å²) in [5, 5.41) is 7.40. The summed E-state index contributed by atoms with van der Waals surface area (Å²) in [6, 6.07) is 7.58. The van der Waals surface area contributed by atoms with Gasteiger partial charge in [-0.05, 0) is 44.5 Å². The second kappa shape index (κ2) is 12.6. The Balaban J connectivity index is 2.24. The Bertz CT molecular complexity index is 810. The molecule has 2 rings (SSSR count). The van der Waals surface area contributed by atoms with Crippen molar-refractivity contribution < 1.29 is 4.74 Å². The number of hydrogen-bond donors (Lipinski definition) is 3. The Morgan fingerprint density at radius 2 is 2.00 bits per heavy atom. The minimum Gasteiger partial charge on any atom is -0.476 e. The zero-order valence-corrected chi connectivity index (χ0v) is 18.6. The quantitative estimate of drug-likeness (QED) is 0.200. The number of unbranched alkanes of at least 4 members (excludes halogenated alkanes) is 1. The molecule has 1 aromatic carbocycles. The zero-order chi connectivity index (χ0) is 21.8. The van der Waals surface area contributed by atoms with E-state index in [2.05, 4.69) is 39.6 Å². The summed E-state index contributed by atoms with van der Waals surface area (Å²) in [4.78, 5) is 11.5. The third kappa shape index (κ3) is 7.51. The van der Waals surface area contributed by atoms with Crippen molar-refractivity contribution in [1.82, 2.24) is 15.3 Å². The van der Waals surface area contributed by atoms with Crippen molar-refractivity contribution in [3.05, 3.63) is 35.5 Å². The molecule has 0 saturated carbocycles. The summed E-state index contributed by atoms with van der Waals surface area (Å²) < 4.78 is 5.82. The number of aromatic nitrogens is 2. The molecule has 30 heavy (non-hydrogen) atoms. The lowest BCUT2D eigenvalue weighted by Crippen LogP contribution is -2.28.